The molecule has 0 unspecified atom stereocenters. The van der Waals surface area contributed by atoms with Crippen molar-refractivity contribution in [2.45, 2.75) is 32.2 Å². The number of hydrogen-bond donors (Lipinski definition) is 1. The van der Waals surface area contributed by atoms with Gasteiger partial charge in [0.2, 0.25) is 5.91 Å². The standard InChI is InChI=1S/C15H18N2O/c1-10(18)17-9-13(14(16)8-11-6-7-11)12-4-2-3-5-15(12)17/h2-5,9,11,14H,6-8,16H2,1H3/t14-/m1/s1. The maximum Gasteiger partial charge on any atom is 0.227 e. The van der Waals surface area contributed by atoms with Gasteiger partial charge in [-0.1, -0.05) is 31.0 Å². The highest BCUT2D eigenvalue weighted by atomic mass is 16.1. The highest BCUT2D eigenvalue weighted by Crippen LogP contribution is 2.38. The van der Waals surface area contributed by atoms with E-state index in [0.717, 1.165) is 28.8 Å². The summed E-state index contributed by atoms with van der Waals surface area (Å²) in [5.41, 5.74) is 8.36. The van der Waals surface area contributed by atoms with E-state index in [4.69, 9.17) is 5.73 Å². The maximum absolute atomic E-state index is 11.7. The Hall–Kier alpha value is -1.61. The van der Waals surface area contributed by atoms with Gasteiger partial charge in [0.1, 0.15) is 0 Å². The summed E-state index contributed by atoms with van der Waals surface area (Å²) in [6.45, 7) is 1.59. The molecule has 0 bridgehead atoms. The second-order valence-electron chi connectivity index (χ2n) is 5.28. The Morgan fingerprint density at radius 2 is 2.17 bits per heavy atom. The third kappa shape index (κ3) is 1.95. The lowest BCUT2D eigenvalue weighted by atomic mass is 10.0. The number of nitrogens with two attached hydrogens (primary N) is 1. The molecule has 1 aliphatic rings. The first-order valence-electron chi connectivity index (χ1n) is 6.53. The molecule has 1 atom stereocenters. The zero-order valence-electron chi connectivity index (χ0n) is 10.6. The summed E-state index contributed by atoms with van der Waals surface area (Å²) < 4.78 is 1.71. The summed E-state index contributed by atoms with van der Waals surface area (Å²) in [6.07, 6.45) is 5.56. The van der Waals surface area contributed by atoms with Gasteiger partial charge in [-0.05, 0) is 24.0 Å². The van der Waals surface area contributed by atoms with E-state index in [0.29, 0.717) is 0 Å². The van der Waals surface area contributed by atoms with Crippen molar-refractivity contribution in [3.05, 3.63) is 36.0 Å². The van der Waals surface area contributed by atoms with Crippen molar-refractivity contribution < 1.29 is 4.79 Å². The van der Waals surface area contributed by atoms with Crippen LogP contribution in [0.3, 0.4) is 0 Å². The van der Waals surface area contributed by atoms with Crippen molar-refractivity contribution in [3.63, 3.8) is 0 Å². The van der Waals surface area contributed by atoms with Crippen molar-refractivity contribution in [2.24, 2.45) is 11.7 Å². The van der Waals surface area contributed by atoms with Crippen LogP contribution >= 0.6 is 0 Å². The molecule has 0 spiro atoms. The molecule has 3 heteroatoms. The van der Waals surface area contributed by atoms with Crippen LogP contribution in [-0.4, -0.2) is 10.5 Å². The van der Waals surface area contributed by atoms with Crippen molar-refractivity contribution >= 4 is 16.8 Å². The third-order valence-electron chi connectivity index (χ3n) is 3.77. The van der Waals surface area contributed by atoms with Gasteiger partial charge >= 0.3 is 0 Å². The van der Waals surface area contributed by atoms with Crippen LogP contribution in [0.1, 0.15) is 42.6 Å². The Kier molecular flexibility index (Phi) is 2.71. The topological polar surface area (TPSA) is 48.0 Å². The molecule has 3 rings (SSSR count). The Bertz CT molecular complexity index is 596. The molecule has 3 nitrogen and oxygen atoms in total. The van der Waals surface area contributed by atoms with E-state index in [1.807, 2.05) is 24.4 Å². The number of benzene rings is 1. The highest BCUT2D eigenvalue weighted by molar-refractivity contribution is 5.93. The minimum absolute atomic E-state index is 0.0380. The SMILES string of the molecule is CC(=O)n1cc([C@H](N)CC2CC2)c2ccccc21. The highest BCUT2D eigenvalue weighted by Gasteiger charge is 2.26. The summed E-state index contributed by atoms with van der Waals surface area (Å²) in [4.78, 5) is 11.7. The molecule has 1 saturated carbocycles. The number of aromatic nitrogens is 1. The average molecular weight is 242 g/mol. The average Bonchev–Trinajstić information content (AvgIpc) is 3.07. The van der Waals surface area contributed by atoms with E-state index in [2.05, 4.69) is 6.07 Å². The Morgan fingerprint density at radius 1 is 1.44 bits per heavy atom. The summed E-state index contributed by atoms with van der Waals surface area (Å²) in [5.74, 6) is 0.829. The lowest BCUT2D eigenvalue weighted by Gasteiger charge is -2.09. The van der Waals surface area contributed by atoms with Gasteiger partial charge in [0.25, 0.3) is 0 Å². The monoisotopic (exact) mass is 242 g/mol. The number of rotatable bonds is 3. The molecule has 0 saturated heterocycles. The normalized spacial score (nSPS) is 17.0. The van der Waals surface area contributed by atoms with E-state index in [1.165, 1.54) is 12.8 Å². The van der Waals surface area contributed by atoms with Crippen molar-refractivity contribution in [1.82, 2.24) is 4.57 Å². The third-order valence-corrected chi connectivity index (χ3v) is 3.77. The first-order valence-corrected chi connectivity index (χ1v) is 6.53. The minimum atomic E-state index is 0.0380. The van der Waals surface area contributed by atoms with E-state index in [-0.39, 0.29) is 11.9 Å². The smallest absolute Gasteiger partial charge is 0.227 e. The predicted molar refractivity (Wildman–Crippen MR) is 72.5 cm³/mol. The number of para-hydroxylation sites is 1. The maximum atomic E-state index is 11.7. The van der Waals surface area contributed by atoms with E-state index < -0.39 is 0 Å². The molecule has 18 heavy (non-hydrogen) atoms. The number of carbonyl (C=O) groups excluding carboxylic acids is 1. The van der Waals surface area contributed by atoms with Gasteiger partial charge in [-0.25, -0.2) is 0 Å². The lowest BCUT2D eigenvalue weighted by molar-refractivity contribution is 0.0941. The fraction of sp³-hybridized carbons (Fsp3) is 0.400. The summed E-state index contributed by atoms with van der Waals surface area (Å²) in [7, 11) is 0. The summed E-state index contributed by atoms with van der Waals surface area (Å²) >= 11 is 0. The van der Waals surface area contributed by atoms with Gasteiger partial charge in [-0.15, -0.1) is 0 Å². The molecule has 2 N–H and O–H groups in total. The van der Waals surface area contributed by atoms with Crippen molar-refractivity contribution in [1.29, 1.82) is 0 Å². The molecule has 1 fully saturated rings. The van der Waals surface area contributed by atoms with E-state index in [9.17, 15) is 4.79 Å². The molecule has 1 aliphatic carbocycles. The number of fused-ring (bicyclic) bond motifs is 1. The van der Waals surface area contributed by atoms with Crippen LogP contribution in [0.25, 0.3) is 10.9 Å². The Labute approximate surface area is 107 Å². The van der Waals surface area contributed by atoms with Crippen molar-refractivity contribution in [2.75, 3.05) is 0 Å². The summed E-state index contributed by atoms with van der Waals surface area (Å²) in [6, 6.07) is 8.03. The second-order valence-corrected chi connectivity index (χ2v) is 5.28. The largest absolute Gasteiger partial charge is 0.324 e. The van der Waals surface area contributed by atoms with Gasteiger partial charge in [-0.3, -0.25) is 9.36 Å². The molecule has 2 aromatic rings. The molecule has 1 aromatic heterocycles. The van der Waals surface area contributed by atoms with Crippen LogP contribution in [0.15, 0.2) is 30.5 Å². The van der Waals surface area contributed by atoms with Crippen LogP contribution in [0.4, 0.5) is 0 Å². The zero-order chi connectivity index (χ0) is 12.7. The van der Waals surface area contributed by atoms with Crippen LogP contribution in [0, 0.1) is 5.92 Å². The quantitative estimate of drug-likeness (QED) is 0.899. The Morgan fingerprint density at radius 3 is 2.83 bits per heavy atom. The molecule has 0 amide bonds. The fourth-order valence-electron chi connectivity index (χ4n) is 2.60. The van der Waals surface area contributed by atoms with Crippen LogP contribution in [-0.2, 0) is 0 Å². The zero-order valence-corrected chi connectivity index (χ0v) is 10.6. The van der Waals surface area contributed by atoms with Gasteiger partial charge in [0.15, 0.2) is 0 Å². The van der Waals surface area contributed by atoms with E-state index in [1.54, 1.807) is 11.5 Å². The summed E-state index contributed by atoms with van der Waals surface area (Å²) in [5, 5.41) is 1.11. The van der Waals surface area contributed by atoms with Crippen LogP contribution < -0.4 is 5.73 Å². The molecule has 0 aliphatic heterocycles. The second kappa shape index (κ2) is 4.25. The molecule has 1 aromatic carbocycles. The Balaban J connectivity index is 2.07. The van der Waals surface area contributed by atoms with Gasteiger partial charge in [0, 0.05) is 24.5 Å². The van der Waals surface area contributed by atoms with Gasteiger partial charge in [-0.2, -0.15) is 0 Å². The predicted octanol–water partition coefficient (Wildman–Crippen LogP) is 3.10. The molecular formula is C15H18N2O. The first-order chi connectivity index (χ1) is 8.66. The number of hydrogen-bond acceptors (Lipinski definition) is 2. The van der Waals surface area contributed by atoms with Gasteiger partial charge < -0.3 is 5.73 Å². The molecule has 0 radical (unpaired) electrons. The fourth-order valence-corrected chi connectivity index (χ4v) is 2.60. The first kappa shape index (κ1) is 11.5. The number of carbonyl (C=O) groups is 1. The molecule has 1 heterocycles. The van der Waals surface area contributed by atoms with Gasteiger partial charge in [0.05, 0.1) is 5.52 Å². The minimum Gasteiger partial charge on any atom is -0.324 e. The number of nitrogens with zero attached hydrogens (tertiary/aromatic N) is 1. The van der Waals surface area contributed by atoms with Crippen LogP contribution in [0.5, 0.6) is 0 Å². The lowest BCUT2D eigenvalue weighted by Crippen LogP contribution is -2.11. The molecule has 94 valence electrons. The molecular weight excluding hydrogens is 224 g/mol. The van der Waals surface area contributed by atoms with E-state index >= 15 is 0 Å². The van der Waals surface area contributed by atoms with Crippen LogP contribution in [0.2, 0.25) is 0 Å². The van der Waals surface area contributed by atoms with Crippen molar-refractivity contribution in [3.8, 4) is 0 Å².